The Hall–Kier alpha value is -2.87. The Kier molecular flexibility index (Phi) is 6.24. The van der Waals surface area contributed by atoms with Gasteiger partial charge in [0.05, 0.1) is 17.0 Å². The summed E-state index contributed by atoms with van der Waals surface area (Å²) in [6, 6.07) is 17.5. The van der Waals surface area contributed by atoms with Crippen molar-refractivity contribution < 1.29 is 17.9 Å². The molecule has 0 saturated heterocycles. The molecule has 0 spiro atoms. The first-order valence-electron chi connectivity index (χ1n) is 10.1. The molecule has 0 atom stereocenters. The van der Waals surface area contributed by atoms with Crippen molar-refractivity contribution in [3.05, 3.63) is 87.9 Å². The maximum Gasteiger partial charge on any atom is 0.258 e. The lowest BCUT2D eigenvalue weighted by molar-refractivity contribution is 0.0989. The van der Waals surface area contributed by atoms with Crippen LogP contribution in [0.25, 0.3) is 0 Å². The smallest absolute Gasteiger partial charge is 0.258 e. The van der Waals surface area contributed by atoms with E-state index < -0.39 is 10.0 Å². The monoisotopic (exact) mass is 470 g/mol. The lowest BCUT2D eigenvalue weighted by Gasteiger charge is -2.18. The number of carbonyl (C=O) groups excluding carboxylic acids is 1. The van der Waals surface area contributed by atoms with Crippen molar-refractivity contribution in [3.63, 3.8) is 0 Å². The SMILES string of the molecule is COc1ccc(S(=O)(=O)NCc2ccc3c(c2)N(C(=O)c2cccc(C)c2)CC3)cc1Cl. The van der Waals surface area contributed by atoms with Crippen molar-refractivity contribution in [2.45, 2.75) is 24.8 Å². The third-order valence-corrected chi connectivity index (χ3v) is 7.15. The van der Waals surface area contributed by atoms with Crippen LogP contribution in [-0.4, -0.2) is 28.0 Å². The molecule has 0 aliphatic carbocycles. The summed E-state index contributed by atoms with van der Waals surface area (Å²) in [4.78, 5) is 14.9. The highest BCUT2D eigenvalue weighted by molar-refractivity contribution is 7.89. The quantitative estimate of drug-likeness (QED) is 0.581. The van der Waals surface area contributed by atoms with Gasteiger partial charge in [-0.05, 0) is 60.9 Å². The van der Waals surface area contributed by atoms with E-state index in [0.29, 0.717) is 17.9 Å². The molecule has 0 fully saturated rings. The lowest BCUT2D eigenvalue weighted by atomic mass is 10.1. The fourth-order valence-electron chi connectivity index (χ4n) is 3.76. The van der Waals surface area contributed by atoms with Gasteiger partial charge < -0.3 is 9.64 Å². The molecule has 32 heavy (non-hydrogen) atoms. The highest BCUT2D eigenvalue weighted by Gasteiger charge is 2.26. The van der Waals surface area contributed by atoms with E-state index in [0.717, 1.165) is 28.8 Å². The number of rotatable bonds is 6. The number of anilines is 1. The molecule has 8 heteroatoms. The van der Waals surface area contributed by atoms with Gasteiger partial charge >= 0.3 is 0 Å². The Morgan fingerprint density at radius 3 is 2.66 bits per heavy atom. The van der Waals surface area contributed by atoms with E-state index >= 15 is 0 Å². The largest absolute Gasteiger partial charge is 0.495 e. The Balaban J connectivity index is 1.52. The van der Waals surface area contributed by atoms with Gasteiger partial charge in [-0.2, -0.15) is 0 Å². The number of nitrogens with zero attached hydrogens (tertiary/aromatic N) is 1. The Morgan fingerprint density at radius 1 is 1.12 bits per heavy atom. The van der Waals surface area contributed by atoms with Gasteiger partial charge in [0.1, 0.15) is 5.75 Å². The van der Waals surface area contributed by atoms with Crippen LogP contribution in [0, 0.1) is 6.92 Å². The van der Waals surface area contributed by atoms with Crippen LogP contribution in [0.4, 0.5) is 5.69 Å². The predicted octanol–water partition coefficient (Wildman–Crippen LogP) is 4.34. The number of carbonyl (C=O) groups is 1. The van der Waals surface area contributed by atoms with Crippen molar-refractivity contribution >= 4 is 33.2 Å². The zero-order valence-corrected chi connectivity index (χ0v) is 19.3. The highest BCUT2D eigenvalue weighted by atomic mass is 35.5. The van der Waals surface area contributed by atoms with Crippen LogP contribution in [0.15, 0.2) is 65.6 Å². The van der Waals surface area contributed by atoms with Gasteiger partial charge in [0, 0.05) is 24.3 Å². The Morgan fingerprint density at radius 2 is 1.94 bits per heavy atom. The first-order chi connectivity index (χ1) is 15.3. The van der Waals surface area contributed by atoms with Gasteiger partial charge in [0.25, 0.3) is 5.91 Å². The van der Waals surface area contributed by atoms with E-state index in [1.54, 1.807) is 4.90 Å². The summed E-state index contributed by atoms with van der Waals surface area (Å²) < 4.78 is 33.1. The zero-order valence-electron chi connectivity index (χ0n) is 17.8. The Bertz CT molecular complexity index is 1290. The summed E-state index contributed by atoms with van der Waals surface area (Å²) in [5, 5.41) is 0.221. The summed E-state index contributed by atoms with van der Waals surface area (Å²) >= 11 is 6.07. The second-order valence-corrected chi connectivity index (χ2v) is 9.83. The van der Waals surface area contributed by atoms with Crippen molar-refractivity contribution in [3.8, 4) is 5.75 Å². The van der Waals surface area contributed by atoms with Gasteiger partial charge in [-0.25, -0.2) is 13.1 Å². The summed E-state index contributed by atoms with van der Waals surface area (Å²) in [5.74, 6) is 0.348. The number of amides is 1. The predicted molar refractivity (Wildman–Crippen MR) is 125 cm³/mol. The van der Waals surface area contributed by atoms with Crippen LogP contribution in [0.5, 0.6) is 5.75 Å². The number of methoxy groups -OCH3 is 1. The maximum atomic E-state index is 13.1. The molecule has 0 aromatic heterocycles. The molecular formula is C24H23ClN2O4S. The standard InChI is InChI=1S/C24H23ClN2O4S/c1-16-4-3-5-19(12-16)24(28)27-11-10-18-7-6-17(13-22(18)27)15-26-32(29,30)20-8-9-23(31-2)21(25)14-20/h3-9,12-14,26H,10-11,15H2,1-2H3. The molecule has 1 aliphatic heterocycles. The van der Waals surface area contributed by atoms with Crippen LogP contribution in [0.1, 0.15) is 27.0 Å². The van der Waals surface area contributed by atoms with Crippen molar-refractivity contribution in [2.75, 3.05) is 18.6 Å². The first-order valence-corrected chi connectivity index (χ1v) is 12.0. The molecule has 1 N–H and O–H groups in total. The molecule has 6 nitrogen and oxygen atoms in total. The van der Waals surface area contributed by atoms with E-state index in [1.807, 2.05) is 49.4 Å². The molecule has 3 aromatic carbocycles. The van der Waals surface area contributed by atoms with E-state index in [4.69, 9.17) is 16.3 Å². The van der Waals surface area contributed by atoms with Crippen molar-refractivity contribution in [1.82, 2.24) is 4.72 Å². The molecule has 0 saturated carbocycles. The summed E-state index contributed by atoms with van der Waals surface area (Å²) in [6.45, 7) is 2.64. The van der Waals surface area contributed by atoms with Crippen molar-refractivity contribution in [2.24, 2.45) is 0 Å². The Labute approximate surface area is 192 Å². The fourth-order valence-corrected chi connectivity index (χ4v) is 5.12. The van der Waals surface area contributed by atoms with Gasteiger partial charge in [0.15, 0.2) is 0 Å². The van der Waals surface area contributed by atoms with Crippen LogP contribution in [0.3, 0.4) is 0 Å². The lowest BCUT2D eigenvalue weighted by Crippen LogP contribution is -2.29. The van der Waals surface area contributed by atoms with Gasteiger partial charge in [-0.3, -0.25) is 4.79 Å². The number of hydrogen-bond acceptors (Lipinski definition) is 4. The van der Waals surface area contributed by atoms with E-state index in [9.17, 15) is 13.2 Å². The number of ether oxygens (including phenoxy) is 1. The van der Waals surface area contributed by atoms with Crippen LogP contribution < -0.4 is 14.4 Å². The number of hydrogen-bond donors (Lipinski definition) is 1. The molecule has 3 aromatic rings. The number of aryl methyl sites for hydroxylation is 1. The van der Waals surface area contributed by atoms with Gasteiger partial charge in [-0.1, -0.05) is 41.4 Å². The van der Waals surface area contributed by atoms with Crippen LogP contribution in [0.2, 0.25) is 5.02 Å². The molecule has 1 aliphatic rings. The van der Waals surface area contributed by atoms with Gasteiger partial charge in [-0.15, -0.1) is 0 Å². The minimum absolute atomic E-state index is 0.0562. The van der Waals surface area contributed by atoms with Crippen LogP contribution in [-0.2, 0) is 23.0 Å². The van der Waals surface area contributed by atoms with E-state index in [-0.39, 0.29) is 22.4 Å². The third kappa shape index (κ3) is 4.50. The number of halogens is 1. The minimum Gasteiger partial charge on any atom is -0.495 e. The second kappa shape index (κ2) is 8.94. The third-order valence-electron chi connectivity index (χ3n) is 5.46. The summed E-state index contributed by atoms with van der Waals surface area (Å²) in [7, 11) is -2.30. The first kappa shape index (κ1) is 22.3. The van der Waals surface area contributed by atoms with Crippen LogP contribution >= 0.6 is 11.6 Å². The molecular weight excluding hydrogens is 448 g/mol. The number of sulfonamides is 1. The molecule has 1 heterocycles. The number of benzene rings is 3. The van der Waals surface area contributed by atoms with Crippen molar-refractivity contribution in [1.29, 1.82) is 0 Å². The summed E-state index contributed by atoms with van der Waals surface area (Å²) in [6.07, 6.45) is 0.767. The minimum atomic E-state index is -3.77. The fraction of sp³-hybridized carbons (Fsp3) is 0.208. The van der Waals surface area contributed by atoms with E-state index in [1.165, 1.54) is 25.3 Å². The average Bonchev–Trinajstić information content (AvgIpc) is 3.20. The van der Waals surface area contributed by atoms with Gasteiger partial charge in [0.2, 0.25) is 10.0 Å². The molecule has 0 radical (unpaired) electrons. The molecule has 0 unspecified atom stereocenters. The topological polar surface area (TPSA) is 75.7 Å². The number of nitrogens with one attached hydrogen (secondary N) is 1. The highest BCUT2D eigenvalue weighted by Crippen LogP contribution is 2.31. The maximum absolute atomic E-state index is 13.1. The molecule has 1 amide bonds. The van der Waals surface area contributed by atoms with E-state index in [2.05, 4.69) is 4.72 Å². The number of fused-ring (bicyclic) bond motifs is 1. The average molecular weight is 471 g/mol. The zero-order chi connectivity index (χ0) is 22.9. The second-order valence-electron chi connectivity index (χ2n) is 7.66. The summed E-state index contributed by atoms with van der Waals surface area (Å²) in [5.41, 5.74) is 4.31. The molecule has 4 rings (SSSR count). The normalized spacial score (nSPS) is 13.2. The molecule has 0 bridgehead atoms. The molecule has 166 valence electrons.